The Balaban J connectivity index is 1.17. The van der Waals surface area contributed by atoms with E-state index in [0.717, 1.165) is 55.2 Å². The van der Waals surface area contributed by atoms with Crippen LogP contribution in [0.2, 0.25) is 5.02 Å². The SMILES string of the molecule is O=c1[nH]c2ccccc2n1CCN1CCN(C2Cc3cc(Cl)ccc3Sc3ccccc32)CC1. The van der Waals surface area contributed by atoms with E-state index in [2.05, 4.69) is 51.2 Å². The number of hydrogen-bond donors (Lipinski definition) is 1. The first kappa shape index (κ1) is 22.0. The van der Waals surface area contributed by atoms with E-state index in [-0.39, 0.29) is 5.69 Å². The first-order valence-corrected chi connectivity index (χ1v) is 13.0. The molecule has 3 heterocycles. The van der Waals surface area contributed by atoms with Crippen molar-refractivity contribution in [2.24, 2.45) is 0 Å². The van der Waals surface area contributed by atoms with Gasteiger partial charge in [-0.3, -0.25) is 14.4 Å². The average Bonchev–Trinajstić information content (AvgIpc) is 3.08. The number of nitrogens with zero attached hydrogens (tertiary/aromatic N) is 3. The van der Waals surface area contributed by atoms with Crippen LogP contribution in [-0.2, 0) is 13.0 Å². The lowest BCUT2D eigenvalue weighted by Crippen LogP contribution is -2.49. The van der Waals surface area contributed by atoms with Crippen LogP contribution >= 0.6 is 23.4 Å². The second-order valence-corrected chi connectivity index (χ2v) is 10.6. The normalized spacial score (nSPS) is 19.0. The Kier molecular flexibility index (Phi) is 5.99. The fourth-order valence-electron chi connectivity index (χ4n) is 5.29. The number of imidazole rings is 1. The Labute approximate surface area is 208 Å². The van der Waals surface area contributed by atoms with Crippen molar-refractivity contribution in [3.05, 3.63) is 93.4 Å². The Hall–Kier alpha value is -2.51. The molecule has 1 fully saturated rings. The van der Waals surface area contributed by atoms with Gasteiger partial charge in [0.15, 0.2) is 0 Å². The van der Waals surface area contributed by atoms with Crippen LogP contribution in [0.3, 0.4) is 0 Å². The quantitative estimate of drug-likeness (QED) is 0.435. The van der Waals surface area contributed by atoms with E-state index in [0.29, 0.717) is 12.6 Å². The van der Waals surface area contributed by atoms with Crippen LogP contribution in [0.4, 0.5) is 0 Å². The summed E-state index contributed by atoms with van der Waals surface area (Å²) < 4.78 is 1.86. The lowest BCUT2D eigenvalue weighted by atomic mass is 9.96. The van der Waals surface area contributed by atoms with Crippen LogP contribution in [0.5, 0.6) is 0 Å². The summed E-state index contributed by atoms with van der Waals surface area (Å²) in [6.45, 7) is 5.63. The zero-order valence-corrected chi connectivity index (χ0v) is 20.5. The van der Waals surface area contributed by atoms with Crippen molar-refractivity contribution in [1.29, 1.82) is 0 Å². The summed E-state index contributed by atoms with van der Waals surface area (Å²) in [6.07, 6.45) is 0.977. The minimum Gasteiger partial charge on any atom is -0.306 e. The number of H-pyrrole nitrogens is 1. The molecule has 1 aromatic heterocycles. The Bertz CT molecular complexity index is 1390. The Morgan fingerprint density at radius 1 is 0.912 bits per heavy atom. The second-order valence-electron chi connectivity index (χ2n) is 9.09. The molecule has 0 saturated carbocycles. The largest absolute Gasteiger partial charge is 0.326 e. The van der Waals surface area contributed by atoms with Crippen LogP contribution < -0.4 is 5.69 Å². The van der Waals surface area contributed by atoms with E-state index in [1.807, 2.05) is 46.7 Å². The highest BCUT2D eigenvalue weighted by Crippen LogP contribution is 2.43. The number of fused-ring (bicyclic) bond motifs is 3. The van der Waals surface area contributed by atoms with Gasteiger partial charge in [0.1, 0.15) is 0 Å². The van der Waals surface area contributed by atoms with E-state index in [1.54, 1.807) is 0 Å². The summed E-state index contributed by atoms with van der Waals surface area (Å²) in [5.41, 5.74) is 4.61. The molecule has 5 nitrogen and oxygen atoms in total. The summed E-state index contributed by atoms with van der Waals surface area (Å²) in [4.78, 5) is 23.1. The number of aromatic amines is 1. The van der Waals surface area contributed by atoms with Crippen molar-refractivity contribution in [3.8, 4) is 0 Å². The first-order chi connectivity index (χ1) is 16.7. The number of rotatable bonds is 4. The molecule has 1 atom stereocenters. The predicted molar refractivity (Wildman–Crippen MR) is 139 cm³/mol. The van der Waals surface area contributed by atoms with Crippen LogP contribution in [0.1, 0.15) is 17.2 Å². The predicted octanol–water partition coefficient (Wildman–Crippen LogP) is 5.05. The minimum absolute atomic E-state index is 0.0234. The van der Waals surface area contributed by atoms with Gasteiger partial charge >= 0.3 is 5.69 Å². The van der Waals surface area contributed by atoms with Crippen LogP contribution in [0.25, 0.3) is 11.0 Å². The number of piperazine rings is 1. The van der Waals surface area contributed by atoms with Gasteiger partial charge in [-0.25, -0.2) is 4.79 Å². The smallest absolute Gasteiger partial charge is 0.306 e. The molecule has 0 spiro atoms. The standard InChI is InChI=1S/C27H27ClN4OS/c28-20-9-10-25-19(17-20)18-24(21-5-1-4-8-26(21)34-25)31-14-11-30(12-15-31)13-16-32-23-7-3-2-6-22(23)29-27(32)33/h1-10,17,24H,11-16,18H2,(H,29,33). The third-order valence-electron chi connectivity index (χ3n) is 7.10. The third kappa shape index (κ3) is 4.20. The molecule has 34 heavy (non-hydrogen) atoms. The number of para-hydroxylation sites is 2. The fourth-order valence-corrected chi connectivity index (χ4v) is 6.60. The highest BCUT2D eigenvalue weighted by atomic mass is 35.5. The van der Waals surface area contributed by atoms with E-state index >= 15 is 0 Å². The molecule has 1 unspecified atom stereocenters. The van der Waals surface area contributed by atoms with Gasteiger partial charge in [-0.2, -0.15) is 0 Å². The monoisotopic (exact) mass is 490 g/mol. The molecular weight excluding hydrogens is 464 g/mol. The van der Waals surface area contributed by atoms with E-state index in [9.17, 15) is 4.79 Å². The van der Waals surface area contributed by atoms with Gasteiger partial charge in [0.2, 0.25) is 0 Å². The number of aromatic nitrogens is 2. The molecular formula is C27H27ClN4OS. The molecule has 4 aromatic rings. The van der Waals surface area contributed by atoms with Crippen molar-refractivity contribution < 1.29 is 0 Å². The Morgan fingerprint density at radius 2 is 1.71 bits per heavy atom. The van der Waals surface area contributed by atoms with Crippen LogP contribution in [0, 0.1) is 0 Å². The van der Waals surface area contributed by atoms with E-state index < -0.39 is 0 Å². The highest BCUT2D eigenvalue weighted by molar-refractivity contribution is 7.99. The van der Waals surface area contributed by atoms with Crippen molar-refractivity contribution in [2.45, 2.75) is 28.8 Å². The molecule has 1 N–H and O–H groups in total. The molecule has 174 valence electrons. The molecule has 6 rings (SSSR count). The van der Waals surface area contributed by atoms with Gasteiger partial charge in [0, 0.05) is 60.1 Å². The molecule has 0 aliphatic carbocycles. The summed E-state index contributed by atoms with van der Waals surface area (Å²) in [6, 6.07) is 23.4. The van der Waals surface area contributed by atoms with Crippen LogP contribution in [-0.4, -0.2) is 52.1 Å². The topological polar surface area (TPSA) is 44.3 Å². The lowest BCUT2D eigenvalue weighted by Gasteiger charge is -2.39. The lowest BCUT2D eigenvalue weighted by molar-refractivity contribution is 0.0923. The zero-order valence-electron chi connectivity index (χ0n) is 18.9. The molecule has 2 aliphatic rings. The van der Waals surface area contributed by atoms with E-state index in [1.165, 1.54) is 20.9 Å². The first-order valence-electron chi connectivity index (χ1n) is 11.8. The van der Waals surface area contributed by atoms with Crippen molar-refractivity contribution in [3.63, 3.8) is 0 Å². The summed E-state index contributed by atoms with van der Waals surface area (Å²) in [5.74, 6) is 0. The summed E-state index contributed by atoms with van der Waals surface area (Å²) in [7, 11) is 0. The number of halogens is 1. The van der Waals surface area contributed by atoms with Crippen molar-refractivity contribution >= 4 is 34.4 Å². The number of nitrogens with one attached hydrogen (secondary N) is 1. The summed E-state index contributed by atoms with van der Waals surface area (Å²) >= 11 is 8.22. The molecule has 0 amide bonds. The van der Waals surface area contributed by atoms with Crippen molar-refractivity contribution in [2.75, 3.05) is 32.7 Å². The minimum atomic E-state index is -0.0234. The van der Waals surface area contributed by atoms with E-state index in [4.69, 9.17) is 11.6 Å². The molecule has 7 heteroatoms. The van der Waals surface area contributed by atoms with Gasteiger partial charge in [-0.15, -0.1) is 0 Å². The van der Waals surface area contributed by atoms with Crippen LogP contribution in [0.15, 0.2) is 81.3 Å². The third-order valence-corrected chi connectivity index (χ3v) is 8.55. The average molecular weight is 491 g/mol. The fraction of sp³-hybridized carbons (Fsp3) is 0.296. The second kappa shape index (κ2) is 9.27. The molecule has 2 aliphatic heterocycles. The van der Waals surface area contributed by atoms with Gasteiger partial charge in [-0.1, -0.05) is 53.7 Å². The number of hydrogen-bond acceptors (Lipinski definition) is 4. The molecule has 1 saturated heterocycles. The van der Waals surface area contributed by atoms with Gasteiger partial charge in [0.25, 0.3) is 0 Å². The van der Waals surface area contributed by atoms with Gasteiger partial charge < -0.3 is 4.98 Å². The van der Waals surface area contributed by atoms with Gasteiger partial charge in [-0.05, 0) is 53.9 Å². The molecule has 3 aromatic carbocycles. The maximum Gasteiger partial charge on any atom is 0.326 e. The molecule has 0 radical (unpaired) electrons. The summed E-state index contributed by atoms with van der Waals surface area (Å²) in [5, 5.41) is 0.807. The Morgan fingerprint density at radius 3 is 2.59 bits per heavy atom. The maximum atomic E-state index is 12.4. The highest BCUT2D eigenvalue weighted by Gasteiger charge is 2.30. The zero-order chi connectivity index (χ0) is 23.1. The maximum absolute atomic E-state index is 12.4. The molecule has 0 bridgehead atoms. The number of benzene rings is 3. The van der Waals surface area contributed by atoms with Gasteiger partial charge in [0.05, 0.1) is 11.0 Å². The van der Waals surface area contributed by atoms with Crippen molar-refractivity contribution in [1.82, 2.24) is 19.4 Å².